The topological polar surface area (TPSA) is 50.8 Å². The summed E-state index contributed by atoms with van der Waals surface area (Å²) in [5, 5.41) is 2.84. The number of anilines is 1. The maximum Gasteiger partial charge on any atom is 0.225 e. The lowest BCUT2D eigenvalue weighted by Gasteiger charge is -2.18. The lowest BCUT2D eigenvalue weighted by molar-refractivity contribution is -0.116. The Bertz CT molecular complexity index is 770. The smallest absolute Gasteiger partial charge is 0.225 e. The summed E-state index contributed by atoms with van der Waals surface area (Å²) in [7, 11) is 5.11. The number of nitrogens with one attached hydrogen (secondary N) is 1. The van der Waals surface area contributed by atoms with Gasteiger partial charge in [-0.1, -0.05) is 17.7 Å². The second-order valence-electron chi connectivity index (χ2n) is 5.84. The molecule has 140 valence electrons. The quantitative estimate of drug-likeness (QED) is 0.753. The summed E-state index contributed by atoms with van der Waals surface area (Å²) in [6.07, 6.45) is 0.233. The second-order valence-corrected chi connectivity index (χ2v) is 6.27. The van der Waals surface area contributed by atoms with Crippen molar-refractivity contribution in [3.05, 3.63) is 52.8 Å². The van der Waals surface area contributed by atoms with E-state index in [1.165, 1.54) is 18.2 Å². The zero-order valence-corrected chi connectivity index (χ0v) is 15.8. The van der Waals surface area contributed by atoms with Crippen LogP contribution in [0.15, 0.2) is 36.4 Å². The third-order valence-corrected chi connectivity index (χ3v) is 4.10. The molecule has 26 heavy (non-hydrogen) atoms. The maximum absolute atomic E-state index is 13.7. The van der Waals surface area contributed by atoms with Gasteiger partial charge in [0.25, 0.3) is 0 Å². The van der Waals surface area contributed by atoms with Crippen molar-refractivity contribution in [2.24, 2.45) is 0 Å². The minimum absolute atomic E-state index is 0.124. The fraction of sp³-hybridized carbons (Fsp3) is 0.316. The summed E-state index contributed by atoms with van der Waals surface area (Å²) in [4.78, 5) is 14.0. The van der Waals surface area contributed by atoms with Crippen LogP contribution in [-0.4, -0.2) is 38.6 Å². The molecule has 5 nitrogen and oxygen atoms in total. The summed E-state index contributed by atoms with van der Waals surface area (Å²) in [6.45, 7) is 1.12. The largest absolute Gasteiger partial charge is 0.497 e. The van der Waals surface area contributed by atoms with E-state index in [4.69, 9.17) is 21.1 Å². The number of nitrogens with zero attached hydrogens (tertiary/aromatic N) is 1. The van der Waals surface area contributed by atoms with Crippen molar-refractivity contribution in [2.45, 2.75) is 13.0 Å². The van der Waals surface area contributed by atoms with Crippen molar-refractivity contribution in [3.63, 3.8) is 0 Å². The minimum atomic E-state index is -0.554. The van der Waals surface area contributed by atoms with Gasteiger partial charge in [0.2, 0.25) is 5.91 Å². The fourth-order valence-electron chi connectivity index (χ4n) is 2.45. The van der Waals surface area contributed by atoms with E-state index in [1.807, 2.05) is 30.1 Å². The fourth-order valence-corrected chi connectivity index (χ4v) is 2.61. The van der Waals surface area contributed by atoms with E-state index < -0.39 is 5.82 Å². The molecule has 0 aliphatic heterocycles. The van der Waals surface area contributed by atoms with Crippen molar-refractivity contribution in [2.75, 3.05) is 33.1 Å². The number of carbonyl (C=O) groups is 1. The predicted molar refractivity (Wildman–Crippen MR) is 101 cm³/mol. The molecule has 0 heterocycles. The van der Waals surface area contributed by atoms with Gasteiger partial charge in [0.15, 0.2) is 0 Å². The molecule has 2 aromatic carbocycles. The molecule has 0 aliphatic carbocycles. The predicted octanol–water partition coefficient (Wildman–Crippen LogP) is 3.96. The van der Waals surface area contributed by atoms with Crippen LogP contribution in [0.2, 0.25) is 5.02 Å². The Labute approximate surface area is 157 Å². The normalized spacial score (nSPS) is 10.7. The number of hydrogen-bond donors (Lipinski definition) is 1. The molecule has 0 fully saturated rings. The molecule has 2 aromatic rings. The molecule has 0 radical (unpaired) electrons. The number of methoxy groups -OCH3 is 2. The molecule has 0 saturated carbocycles. The zero-order chi connectivity index (χ0) is 19.1. The molecule has 0 atom stereocenters. The van der Waals surface area contributed by atoms with Crippen LogP contribution < -0.4 is 14.8 Å². The number of ether oxygens (including phenoxy) is 2. The lowest BCUT2D eigenvalue weighted by Crippen LogP contribution is -2.24. The van der Waals surface area contributed by atoms with Gasteiger partial charge < -0.3 is 19.7 Å². The first kappa shape index (κ1) is 20.0. The Balaban J connectivity index is 1.88. The molecule has 0 bridgehead atoms. The number of rotatable bonds is 8. The zero-order valence-electron chi connectivity index (χ0n) is 15.0. The molecule has 0 aliphatic rings. The third kappa shape index (κ3) is 5.61. The van der Waals surface area contributed by atoms with E-state index in [0.29, 0.717) is 13.1 Å². The van der Waals surface area contributed by atoms with Crippen LogP contribution in [0, 0.1) is 5.82 Å². The number of amides is 1. The molecule has 0 unspecified atom stereocenters. The Morgan fingerprint density at radius 2 is 1.96 bits per heavy atom. The SMILES string of the molecule is COc1ccc(CN(C)CCC(=O)Nc2ccc(Cl)cc2F)c(OC)c1. The van der Waals surface area contributed by atoms with Crippen LogP contribution in [-0.2, 0) is 11.3 Å². The van der Waals surface area contributed by atoms with Gasteiger partial charge in [-0.05, 0) is 31.3 Å². The molecular formula is C19H22ClFN2O3. The first-order valence-electron chi connectivity index (χ1n) is 8.07. The molecule has 7 heteroatoms. The maximum atomic E-state index is 13.7. The van der Waals surface area contributed by atoms with Crippen LogP contribution >= 0.6 is 11.6 Å². The van der Waals surface area contributed by atoms with Gasteiger partial charge in [-0.15, -0.1) is 0 Å². The van der Waals surface area contributed by atoms with Gasteiger partial charge in [-0.2, -0.15) is 0 Å². The Kier molecular flexibility index (Phi) is 7.24. The van der Waals surface area contributed by atoms with Gasteiger partial charge in [0.05, 0.1) is 19.9 Å². The second kappa shape index (κ2) is 9.40. The van der Waals surface area contributed by atoms with E-state index in [-0.39, 0.29) is 23.0 Å². The van der Waals surface area contributed by atoms with Gasteiger partial charge >= 0.3 is 0 Å². The standard InChI is InChI=1S/C19H22ClFN2O3/c1-23(12-13-4-6-15(25-2)11-18(13)26-3)9-8-19(24)22-17-7-5-14(20)10-16(17)21/h4-7,10-11H,8-9,12H2,1-3H3,(H,22,24). The Morgan fingerprint density at radius 1 is 1.19 bits per heavy atom. The first-order chi connectivity index (χ1) is 12.4. The van der Waals surface area contributed by atoms with Crippen molar-refractivity contribution in [3.8, 4) is 11.5 Å². The van der Waals surface area contributed by atoms with Gasteiger partial charge in [-0.25, -0.2) is 4.39 Å². The molecule has 0 saturated heterocycles. The van der Waals surface area contributed by atoms with E-state index in [0.717, 1.165) is 17.1 Å². The van der Waals surface area contributed by atoms with Crippen molar-refractivity contribution >= 4 is 23.2 Å². The number of carbonyl (C=O) groups excluding carboxylic acids is 1. The molecule has 0 aromatic heterocycles. The van der Waals surface area contributed by atoms with E-state index in [9.17, 15) is 9.18 Å². The number of hydrogen-bond acceptors (Lipinski definition) is 4. The highest BCUT2D eigenvalue weighted by molar-refractivity contribution is 6.30. The molecule has 0 spiro atoms. The third-order valence-electron chi connectivity index (χ3n) is 3.86. The average Bonchev–Trinajstić information content (AvgIpc) is 2.62. The highest BCUT2D eigenvalue weighted by atomic mass is 35.5. The summed E-state index contributed by atoms with van der Waals surface area (Å²) >= 11 is 5.70. The van der Waals surface area contributed by atoms with Gasteiger partial charge in [0.1, 0.15) is 17.3 Å². The van der Waals surface area contributed by atoms with Crippen molar-refractivity contribution in [1.82, 2.24) is 4.90 Å². The van der Waals surface area contributed by atoms with E-state index in [2.05, 4.69) is 5.32 Å². The van der Waals surface area contributed by atoms with Crippen molar-refractivity contribution in [1.29, 1.82) is 0 Å². The summed E-state index contributed by atoms with van der Waals surface area (Å²) in [5.74, 6) is 0.628. The van der Waals surface area contributed by atoms with Crippen LogP contribution in [0.4, 0.5) is 10.1 Å². The Hall–Kier alpha value is -2.31. The van der Waals surface area contributed by atoms with Gasteiger partial charge in [0, 0.05) is 36.2 Å². The lowest BCUT2D eigenvalue weighted by atomic mass is 10.1. The average molecular weight is 381 g/mol. The molecular weight excluding hydrogens is 359 g/mol. The summed E-state index contributed by atoms with van der Waals surface area (Å²) in [6, 6.07) is 9.75. The monoisotopic (exact) mass is 380 g/mol. The first-order valence-corrected chi connectivity index (χ1v) is 8.45. The summed E-state index contributed by atoms with van der Waals surface area (Å²) in [5.41, 5.74) is 1.11. The summed E-state index contributed by atoms with van der Waals surface area (Å²) < 4.78 is 24.3. The van der Waals surface area contributed by atoms with Crippen LogP contribution in [0.3, 0.4) is 0 Å². The van der Waals surface area contributed by atoms with Gasteiger partial charge in [-0.3, -0.25) is 4.79 Å². The molecule has 1 amide bonds. The van der Waals surface area contributed by atoms with Crippen LogP contribution in [0.1, 0.15) is 12.0 Å². The van der Waals surface area contributed by atoms with E-state index in [1.54, 1.807) is 14.2 Å². The Morgan fingerprint density at radius 3 is 2.62 bits per heavy atom. The highest BCUT2D eigenvalue weighted by Gasteiger charge is 2.11. The minimum Gasteiger partial charge on any atom is -0.497 e. The van der Waals surface area contributed by atoms with E-state index >= 15 is 0 Å². The highest BCUT2D eigenvalue weighted by Crippen LogP contribution is 2.25. The number of benzene rings is 2. The molecule has 1 N–H and O–H groups in total. The molecule has 2 rings (SSSR count). The van der Waals surface area contributed by atoms with Crippen LogP contribution in [0.5, 0.6) is 11.5 Å². The number of halogens is 2. The van der Waals surface area contributed by atoms with Crippen molar-refractivity contribution < 1.29 is 18.7 Å². The van der Waals surface area contributed by atoms with Crippen LogP contribution in [0.25, 0.3) is 0 Å².